The molecular formula is C29H34N2O. The van der Waals surface area contributed by atoms with Crippen molar-refractivity contribution in [3.8, 4) is 5.75 Å². The summed E-state index contributed by atoms with van der Waals surface area (Å²) in [7, 11) is 0. The largest absolute Gasteiger partial charge is 0.505 e. The van der Waals surface area contributed by atoms with Gasteiger partial charge in [-0.05, 0) is 49.5 Å². The lowest BCUT2D eigenvalue weighted by Crippen LogP contribution is -2.21. The standard InChI is InChI=1S/C29H34N2O/c1-6-21(4)10-7-8-11-22(5)31-27(25-15-13-23(14-16-25)20(2)3)26-18-17-24-12-9-19-30-28(24)29(26)32/h7-20,27,31-32H,6H2,1-5H3/b8-7-,21-10+,22-11+. The molecule has 0 bridgehead atoms. The average Bonchev–Trinajstić information content (AvgIpc) is 2.81. The summed E-state index contributed by atoms with van der Waals surface area (Å²) >= 11 is 0. The van der Waals surface area contributed by atoms with Crippen LogP contribution in [0.15, 0.2) is 90.3 Å². The van der Waals surface area contributed by atoms with Crippen molar-refractivity contribution >= 4 is 10.9 Å². The van der Waals surface area contributed by atoms with Gasteiger partial charge in [-0.2, -0.15) is 0 Å². The molecule has 0 radical (unpaired) electrons. The van der Waals surface area contributed by atoms with E-state index in [9.17, 15) is 5.11 Å². The lowest BCUT2D eigenvalue weighted by atomic mass is 9.93. The third-order valence-corrected chi connectivity index (χ3v) is 5.79. The molecule has 0 fully saturated rings. The Morgan fingerprint density at radius 2 is 1.66 bits per heavy atom. The normalized spacial score (nSPS) is 13.8. The fourth-order valence-corrected chi connectivity index (χ4v) is 3.61. The lowest BCUT2D eigenvalue weighted by molar-refractivity contribution is 0.466. The van der Waals surface area contributed by atoms with Crippen LogP contribution in [0.2, 0.25) is 0 Å². The van der Waals surface area contributed by atoms with Crippen molar-refractivity contribution < 1.29 is 5.11 Å². The molecule has 1 heterocycles. The summed E-state index contributed by atoms with van der Waals surface area (Å²) in [6.07, 6.45) is 11.1. The van der Waals surface area contributed by atoms with E-state index in [-0.39, 0.29) is 11.8 Å². The number of phenolic OH excluding ortho intramolecular Hbond substituents is 1. The van der Waals surface area contributed by atoms with Crippen molar-refractivity contribution in [3.63, 3.8) is 0 Å². The van der Waals surface area contributed by atoms with Gasteiger partial charge in [-0.1, -0.05) is 87.0 Å². The van der Waals surface area contributed by atoms with Crippen molar-refractivity contribution in [2.24, 2.45) is 0 Å². The van der Waals surface area contributed by atoms with Crippen LogP contribution in [0.4, 0.5) is 0 Å². The maximum atomic E-state index is 11.1. The Labute approximate surface area is 192 Å². The first kappa shape index (κ1) is 23.3. The summed E-state index contributed by atoms with van der Waals surface area (Å²) in [5.74, 6) is 0.693. The van der Waals surface area contributed by atoms with E-state index in [0.29, 0.717) is 11.4 Å². The zero-order valence-electron chi connectivity index (χ0n) is 19.8. The Morgan fingerprint density at radius 3 is 2.34 bits per heavy atom. The topological polar surface area (TPSA) is 45.2 Å². The zero-order valence-corrected chi connectivity index (χ0v) is 19.8. The Kier molecular flexibility index (Phi) is 7.88. The highest BCUT2D eigenvalue weighted by molar-refractivity contribution is 5.85. The van der Waals surface area contributed by atoms with Crippen LogP contribution in [0.5, 0.6) is 5.75 Å². The van der Waals surface area contributed by atoms with E-state index in [2.05, 4.69) is 80.5 Å². The molecule has 2 N–H and O–H groups in total. The lowest BCUT2D eigenvalue weighted by Gasteiger charge is -2.23. The number of hydrogen-bond acceptors (Lipinski definition) is 3. The summed E-state index contributed by atoms with van der Waals surface area (Å²) in [6, 6.07) is 16.3. The summed E-state index contributed by atoms with van der Waals surface area (Å²) in [5.41, 5.74) is 6.19. The molecule has 32 heavy (non-hydrogen) atoms. The van der Waals surface area contributed by atoms with Crippen LogP contribution in [0.1, 0.15) is 69.7 Å². The molecule has 2 aromatic carbocycles. The molecule has 1 atom stereocenters. The van der Waals surface area contributed by atoms with Gasteiger partial charge in [0.25, 0.3) is 0 Å². The first-order chi connectivity index (χ1) is 15.4. The van der Waals surface area contributed by atoms with Crippen molar-refractivity contribution in [2.75, 3.05) is 0 Å². The highest BCUT2D eigenvalue weighted by Crippen LogP contribution is 2.35. The van der Waals surface area contributed by atoms with Crippen molar-refractivity contribution in [1.29, 1.82) is 0 Å². The van der Waals surface area contributed by atoms with Gasteiger partial charge >= 0.3 is 0 Å². The molecule has 0 amide bonds. The number of nitrogens with one attached hydrogen (secondary N) is 1. The van der Waals surface area contributed by atoms with Gasteiger partial charge in [-0.15, -0.1) is 0 Å². The van der Waals surface area contributed by atoms with Gasteiger partial charge in [0.05, 0.1) is 6.04 Å². The number of phenols is 1. The second kappa shape index (κ2) is 10.8. The van der Waals surface area contributed by atoms with Gasteiger partial charge in [-0.25, -0.2) is 0 Å². The van der Waals surface area contributed by atoms with E-state index in [1.807, 2.05) is 37.3 Å². The maximum absolute atomic E-state index is 11.1. The predicted octanol–water partition coefficient (Wildman–Crippen LogP) is 7.56. The van der Waals surface area contributed by atoms with Crippen LogP contribution in [0, 0.1) is 0 Å². The minimum Gasteiger partial charge on any atom is -0.505 e. The van der Waals surface area contributed by atoms with Crippen LogP contribution in [0.3, 0.4) is 0 Å². The minimum absolute atomic E-state index is 0.194. The molecule has 0 saturated heterocycles. The highest BCUT2D eigenvalue weighted by atomic mass is 16.3. The SMILES string of the molecule is CC/C(C)=C/C=C\C=C(/C)NC(c1ccc(C(C)C)cc1)c1ccc2cccnc2c1O. The molecule has 0 saturated carbocycles. The van der Waals surface area contributed by atoms with E-state index in [0.717, 1.165) is 28.6 Å². The molecule has 1 unspecified atom stereocenters. The fourth-order valence-electron chi connectivity index (χ4n) is 3.61. The Bertz CT molecular complexity index is 1140. The van der Waals surface area contributed by atoms with Crippen LogP contribution in [-0.4, -0.2) is 10.1 Å². The first-order valence-electron chi connectivity index (χ1n) is 11.3. The fraction of sp³-hybridized carbons (Fsp3) is 0.276. The number of pyridine rings is 1. The number of aromatic nitrogens is 1. The number of aromatic hydroxyl groups is 1. The van der Waals surface area contributed by atoms with E-state index in [1.165, 1.54) is 11.1 Å². The van der Waals surface area contributed by atoms with Crippen molar-refractivity contribution in [1.82, 2.24) is 10.3 Å². The Morgan fingerprint density at radius 1 is 0.969 bits per heavy atom. The summed E-state index contributed by atoms with van der Waals surface area (Å²) in [4.78, 5) is 4.41. The number of allylic oxidation sites excluding steroid dienone is 6. The third kappa shape index (κ3) is 5.67. The number of hydrogen-bond donors (Lipinski definition) is 2. The summed E-state index contributed by atoms with van der Waals surface area (Å²) in [5, 5.41) is 15.6. The summed E-state index contributed by atoms with van der Waals surface area (Å²) in [6.45, 7) is 10.7. The molecule has 0 spiro atoms. The predicted molar refractivity (Wildman–Crippen MR) is 136 cm³/mol. The monoisotopic (exact) mass is 426 g/mol. The zero-order chi connectivity index (χ0) is 23.1. The number of fused-ring (bicyclic) bond motifs is 1. The molecule has 0 aliphatic heterocycles. The van der Waals surface area contributed by atoms with Gasteiger partial charge in [0, 0.05) is 22.8 Å². The van der Waals surface area contributed by atoms with Crippen molar-refractivity contribution in [3.05, 3.63) is 107 Å². The van der Waals surface area contributed by atoms with Crippen LogP contribution in [0.25, 0.3) is 10.9 Å². The van der Waals surface area contributed by atoms with E-state index in [1.54, 1.807) is 6.20 Å². The van der Waals surface area contributed by atoms with Crippen LogP contribution >= 0.6 is 0 Å². The molecule has 0 aliphatic rings. The molecule has 166 valence electrons. The molecule has 1 aromatic heterocycles. The quantitative estimate of drug-likeness (QED) is 0.365. The van der Waals surface area contributed by atoms with Gasteiger partial charge in [0.1, 0.15) is 11.3 Å². The number of rotatable bonds is 8. The van der Waals surface area contributed by atoms with E-state index >= 15 is 0 Å². The number of nitrogens with zero attached hydrogens (tertiary/aromatic N) is 1. The minimum atomic E-state index is -0.194. The maximum Gasteiger partial charge on any atom is 0.147 e. The second-order valence-electron chi connectivity index (χ2n) is 8.58. The third-order valence-electron chi connectivity index (χ3n) is 5.79. The average molecular weight is 427 g/mol. The molecular weight excluding hydrogens is 392 g/mol. The van der Waals surface area contributed by atoms with Gasteiger partial charge in [0.15, 0.2) is 0 Å². The van der Waals surface area contributed by atoms with Gasteiger partial charge in [-0.3, -0.25) is 4.98 Å². The molecule has 3 rings (SSSR count). The summed E-state index contributed by atoms with van der Waals surface area (Å²) < 4.78 is 0. The molecule has 3 aromatic rings. The molecule has 0 aliphatic carbocycles. The number of benzene rings is 2. The van der Waals surface area contributed by atoms with E-state index < -0.39 is 0 Å². The van der Waals surface area contributed by atoms with Gasteiger partial charge in [0.2, 0.25) is 0 Å². The van der Waals surface area contributed by atoms with Crippen LogP contribution in [-0.2, 0) is 0 Å². The molecule has 3 nitrogen and oxygen atoms in total. The molecule has 3 heteroatoms. The highest BCUT2D eigenvalue weighted by Gasteiger charge is 2.20. The van der Waals surface area contributed by atoms with Crippen molar-refractivity contribution in [2.45, 2.75) is 53.0 Å². The van der Waals surface area contributed by atoms with Gasteiger partial charge < -0.3 is 10.4 Å². The first-order valence-corrected chi connectivity index (χ1v) is 11.3. The van der Waals surface area contributed by atoms with E-state index in [4.69, 9.17) is 0 Å². The van der Waals surface area contributed by atoms with Crippen LogP contribution < -0.4 is 5.32 Å². The smallest absolute Gasteiger partial charge is 0.147 e. The Hall–Kier alpha value is -3.33. The second-order valence-corrected chi connectivity index (χ2v) is 8.58. The Balaban J connectivity index is 1.99.